The van der Waals surface area contributed by atoms with Gasteiger partial charge in [0, 0.05) is 24.5 Å². The molecule has 0 radical (unpaired) electrons. The second-order valence-corrected chi connectivity index (χ2v) is 13.0. The molecule has 1 aliphatic heterocycles. The van der Waals surface area contributed by atoms with E-state index in [0.29, 0.717) is 13.0 Å². The second kappa shape index (κ2) is 13.6. The number of hydrogen-bond acceptors (Lipinski definition) is 7. The molecule has 10 nitrogen and oxygen atoms in total. The summed E-state index contributed by atoms with van der Waals surface area (Å²) >= 11 is 0. The summed E-state index contributed by atoms with van der Waals surface area (Å²) in [4.78, 5) is 40.7. The molecule has 10 heteroatoms. The molecule has 0 bridgehead atoms. The number of amides is 3. The Morgan fingerprint density at radius 1 is 0.976 bits per heavy atom. The van der Waals surface area contributed by atoms with Crippen LogP contribution in [0.5, 0.6) is 0 Å². The lowest BCUT2D eigenvalue weighted by Crippen LogP contribution is -2.62. The van der Waals surface area contributed by atoms with Crippen molar-refractivity contribution in [3.8, 4) is 0 Å². The Hall–Kier alpha value is -3.63. The SMILES string of the molecule is CC(C)(C)OC(=O)N[C@H]1CN(C(C)(C)C)[C@](C[C@@H](O)[C@H](Cc2ccccc2)NC(=O)OCc2ccccc2)(C(N)=O)C1. The van der Waals surface area contributed by atoms with Crippen LogP contribution in [-0.4, -0.2) is 69.5 Å². The number of likely N-dealkylation sites (tertiary alicyclic amines) is 1. The third-order valence-electron chi connectivity index (χ3n) is 7.32. The van der Waals surface area contributed by atoms with Gasteiger partial charge < -0.3 is 30.9 Å². The van der Waals surface area contributed by atoms with Gasteiger partial charge in [0.2, 0.25) is 5.91 Å². The van der Waals surface area contributed by atoms with Gasteiger partial charge in [0.25, 0.3) is 0 Å². The van der Waals surface area contributed by atoms with Crippen molar-refractivity contribution in [1.29, 1.82) is 0 Å². The van der Waals surface area contributed by atoms with Crippen LogP contribution in [0.25, 0.3) is 0 Å². The van der Waals surface area contributed by atoms with Crippen LogP contribution in [0, 0.1) is 0 Å². The number of nitrogens with one attached hydrogen (secondary N) is 2. The lowest BCUT2D eigenvalue weighted by Gasteiger charge is -2.45. The molecule has 1 aliphatic rings. The van der Waals surface area contributed by atoms with Crippen molar-refractivity contribution >= 4 is 18.1 Å². The zero-order chi connectivity index (χ0) is 31.1. The Morgan fingerprint density at radius 3 is 2.07 bits per heavy atom. The number of nitrogens with two attached hydrogens (primary N) is 1. The Bertz CT molecular complexity index is 1190. The molecule has 3 rings (SSSR count). The first-order chi connectivity index (χ1) is 19.6. The first-order valence-electron chi connectivity index (χ1n) is 14.4. The van der Waals surface area contributed by atoms with E-state index < -0.39 is 53.0 Å². The van der Waals surface area contributed by atoms with E-state index in [4.69, 9.17) is 15.2 Å². The highest BCUT2D eigenvalue weighted by Crippen LogP contribution is 2.39. The van der Waals surface area contributed by atoms with E-state index in [9.17, 15) is 19.5 Å². The quantitative estimate of drug-likeness (QED) is 0.333. The Labute approximate surface area is 248 Å². The van der Waals surface area contributed by atoms with Gasteiger partial charge in [0.15, 0.2) is 0 Å². The van der Waals surface area contributed by atoms with Crippen LogP contribution in [0.2, 0.25) is 0 Å². The number of nitrogens with zero attached hydrogens (tertiary/aromatic N) is 1. The molecule has 1 saturated heterocycles. The summed E-state index contributed by atoms with van der Waals surface area (Å²) < 4.78 is 10.9. The molecule has 2 aromatic rings. The van der Waals surface area contributed by atoms with Gasteiger partial charge >= 0.3 is 12.2 Å². The summed E-state index contributed by atoms with van der Waals surface area (Å²) in [5.41, 5.74) is 5.28. The van der Waals surface area contributed by atoms with Crippen LogP contribution < -0.4 is 16.4 Å². The number of carbonyl (C=O) groups excluding carboxylic acids is 3. The van der Waals surface area contributed by atoms with Gasteiger partial charge in [-0.25, -0.2) is 9.59 Å². The van der Waals surface area contributed by atoms with Gasteiger partial charge in [-0.1, -0.05) is 60.7 Å². The van der Waals surface area contributed by atoms with Crippen molar-refractivity contribution in [3.63, 3.8) is 0 Å². The molecule has 3 amide bonds. The number of rotatable bonds is 10. The monoisotopic (exact) mass is 582 g/mol. The molecule has 1 heterocycles. The number of alkyl carbamates (subject to hydrolysis) is 2. The van der Waals surface area contributed by atoms with Gasteiger partial charge in [0.05, 0.1) is 12.1 Å². The average Bonchev–Trinajstić information content (AvgIpc) is 3.26. The molecule has 1 fully saturated rings. The molecule has 230 valence electrons. The van der Waals surface area contributed by atoms with E-state index in [-0.39, 0.29) is 19.4 Å². The zero-order valence-corrected chi connectivity index (χ0v) is 25.6. The Morgan fingerprint density at radius 2 is 1.55 bits per heavy atom. The predicted octanol–water partition coefficient (Wildman–Crippen LogP) is 3.90. The summed E-state index contributed by atoms with van der Waals surface area (Å²) in [7, 11) is 0. The number of aliphatic hydroxyl groups excluding tert-OH is 1. The number of primary amides is 1. The molecule has 4 atom stereocenters. The van der Waals surface area contributed by atoms with E-state index in [1.807, 2.05) is 86.3 Å². The number of carbonyl (C=O) groups is 3. The van der Waals surface area contributed by atoms with Gasteiger partial charge in [-0.05, 0) is 65.5 Å². The second-order valence-electron chi connectivity index (χ2n) is 13.0. The largest absolute Gasteiger partial charge is 0.445 e. The fraction of sp³-hybridized carbons (Fsp3) is 0.531. The maximum absolute atomic E-state index is 13.3. The molecule has 2 aromatic carbocycles. The van der Waals surface area contributed by atoms with Crippen molar-refractivity contribution in [2.45, 2.75) is 102 Å². The average molecular weight is 583 g/mol. The van der Waals surface area contributed by atoms with Crippen LogP contribution >= 0.6 is 0 Å². The fourth-order valence-corrected chi connectivity index (χ4v) is 5.55. The van der Waals surface area contributed by atoms with Gasteiger partial charge in [-0.3, -0.25) is 9.69 Å². The van der Waals surface area contributed by atoms with Gasteiger partial charge in [0.1, 0.15) is 17.7 Å². The first-order valence-corrected chi connectivity index (χ1v) is 14.4. The Kier molecular flexibility index (Phi) is 10.6. The van der Waals surface area contributed by atoms with Gasteiger partial charge in [-0.2, -0.15) is 0 Å². The normalized spacial score (nSPS) is 20.8. The first kappa shape index (κ1) is 32.9. The van der Waals surface area contributed by atoms with E-state index in [1.54, 1.807) is 20.8 Å². The number of ether oxygens (including phenoxy) is 2. The van der Waals surface area contributed by atoms with E-state index >= 15 is 0 Å². The van der Waals surface area contributed by atoms with Crippen LogP contribution in [-0.2, 0) is 27.3 Å². The third kappa shape index (κ3) is 9.19. The van der Waals surface area contributed by atoms with Crippen LogP contribution in [0.15, 0.2) is 60.7 Å². The van der Waals surface area contributed by atoms with Crippen molar-refractivity contribution < 1.29 is 29.0 Å². The molecule has 0 saturated carbocycles. The van der Waals surface area contributed by atoms with Crippen molar-refractivity contribution in [3.05, 3.63) is 71.8 Å². The number of benzene rings is 2. The van der Waals surface area contributed by atoms with Crippen LogP contribution in [0.4, 0.5) is 9.59 Å². The highest BCUT2D eigenvalue weighted by molar-refractivity contribution is 5.85. The lowest BCUT2D eigenvalue weighted by atomic mass is 9.82. The van der Waals surface area contributed by atoms with Crippen molar-refractivity contribution in [2.75, 3.05) is 6.54 Å². The smallest absolute Gasteiger partial charge is 0.407 e. The third-order valence-corrected chi connectivity index (χ3v) is 7.32. The summed E-state index contributed by atoms with van der Waals surface area (Å²) in [5, 5.41) is 17.4. The van der Waals surface area contributed by atoms with Gasteiger partial charge in [-0.15, -0.1) is 0 Å². The van der Waals surface area contributed by atoms with Crippen molar-refractivity contribution in [1.82, 2.24) is 15.5 Å². The van der Waals surface area contributed by atoms with E-state index in [2.05, 4.69) is 10.6 Å². The molecule has 5 N–H and O–H groups in total. The van der Waals surface area contributed by atoms with Crippen LogP contribution in [0.3, 0.4) is 0 Å². The predicted molar refractivity (Wildman–Crippen MR) is 160 cm³/mol. The minimum absolute atomic E-state index is 0.0669. The molecule has 0 spiro atoms. The highest BCUT2D eigenvalue weighted by atomic mass is 16.6. The molecule has 42 heavy (non-hydrogen) atoms. The van der Waals surface area contributed by atoms with E-state index in [1.165, 1.54) is 0 Å². The molecule has 0 aliphatic carbocycles. The maximum Gasteiger partial charge on any atom is 0.407 e. The number of aliphatic hydroxyl groups is 1. The highest BCUT2D eigenvalue weighted by Gasteiger charge is 2.55. The minimum atomic E-state index is -1.30. The maximum atomic E-state index is 13.3. The van der Waals surface area contributed by atoms with E-state index in [0.717, 1.165) is 11.1 Å². The van der Waals surface area contributed by atoms with Crippen LogP contribution in [0.1, 0.15) is 65.5 Å². The minimum Gasteiger partial charge on any atom is -0.445 e. The number of hydrogen-bond donors (Lipinski definition) is 4. The Balaban J connectivity index is 1.84. The molecular formula is C32H46N4O6. The molecule has 0 aromatic heterocycles. The fourth-order valence-electron chi connectivity index (χ4n) is 5.55. The summed E-state index contributed by atoms with van der Waals surface area (Å²) in [6.07, 6.45) is -2.05. The molecule has 0 unspecified atom stereocenters. The summed E-state index contributed by atoms with van der Waals surface area (Å²) in [6.45, 7) is 11.6. The standard InChI is InChI=1S/C32H46N4O6/c1-30(2,3)36-20-24(34-29(40)42-31(4,5)6)18-32(36,27(33)38)19-26(37)25(17-22-13-9-7-10-14-22)35-28(39)41-21-23-15-11-8-12-16-23/h7-16,24-26,37H,17-21H2,1-6H3,(H2,33,38)(H,34,40)(H,35,39)/t24-,25+,26-,32-/m1/s1. The lowest BCUT2D eigenvalue weighted by molar-refractivity contribution is -0.134. The molecular weight excluding hydrogens is 536 g/mol. The topological polar surface area (TPSA) is 143 Å². The van der Waals surface area contributed by atoms with Crippen molar-refractivity contribution in [2.24, 2.45) is 5.73 Å². The summed E-state index contributed by atoms with van der Waals surface area (Å²) in [5.74, 6) is -0.616. The summed E-state index contributed by atoms with van der Waals surface area (Å²) in [6, 6.07) is 17.5. The zero-order valence-electron chi connectivity index (χ0n) is 25.6.